The normalized spacial score (nSPS) is 16.1. The summed E-state index contributed by atoms with van der Waals surface area (Å²) in [5, 5.41) is 14.1. The fraction of sp³-hybridized carbons (Fsp3) is 0.292. The summed E-state index contributed by atoms with van der Waals surface area (Å²) >= 11 is 12.6. The number of carbonyl (C=O) groups excluding carboxylic acids is 1. The number of carboxylic acid groups (broad SMARTS) is 1. The zero-order valence-electron chi connectivity index (χ0n) is 17.3. The molecule has 8 heteroatoms. The van der Waals surface area contributed by atoms with Crippen molar-refractivity contribution in [2.45, 2.75) is 43.7 Å². The Morgan fingerprint density at radius 2 is 1.78 bits per heavy atom. The molecule has 1 atom stereocenters. The maximum absolute atomic E-state index is 12.6. The second-order valence-electron chi connectivity index (χ2n) is 8.25. The van der Waals surface area contributed by atoms with E-state index in [9.17, 15) is 14.7 Å². The van der Waals surface area contributed by atoms with E-state index in [0.29, 0.717) is 34.1 Å². The number of fused-ring (bicyclic) bond motifs is 1. The van der Waals surface area contributed by atoms with Crippen molar-refractivity contribution in [1.82, 2.24) is 10.3 Å². The number of hydrogen-bond acceptors (Lipinski definition) is 4. The van der Waals surface area contributed by atoms with Gasteiger partial charge < -0.3 is 16.2 Å². The molecule has 4 rings (SSSR count). The lowest BCUT2D eigenvalue weighted by Gasteiger charge is -2.25. The quantitative estimate of drug-likeness (QED) is 0.487. The highest BCUT2D eigenvalue weighted by Gasteiger charge is 2.38. The SMILES string of the molecule is NC1(C(=O)NC(Cc2ccc3nc(-c4c(Cl)cccc4Cl)ccc3c2)C(=O)O)CCCC1. The van der Waals surface area contributed by atoms with Crippen LogP contribution in [0.5, 0.6) is 0 Å². The fourth-order valence-corrected chi connectivity index (χ4v) is 4.75. The van der Waals surface area contributed by atoms with Crippen molar-refractivity contribution in [1.29, 1.82) is 0 Å². The predicted octanol–water partition coefficient (Wildman–Crippen LogP) is 4.59. The maximum atomic E-state index is 12.6. The van der Waals surface area contributed by atoms with Crippen LogP contribution < -0.4 is 11.1 Å². The molecule has 1 aromatic heterocycles. The van der Waals surface area contributed by atoms with Gasteiger partial charge in [0.1, 0.15) is 6.04 Å². The van der Waals surface area contributed by atoms with Crippen LogP contribution in [0.4, 0.5) is 0 Å². The number of aliphatic carboxylic acids is 1. The zero-order chi connectivity index (χ0) is 22.9. The number of hydrogen-bond donors (Lipinski definition) is 3. The van der Waals surface area contributed by atoms with Crippen molar-refractivity contribution in [3.05, 3.63) is 64.1 Å². The summed E-state index contributed by atoms with van der Waals surface area (Å²) in [6.07, 6.45) is 3.04. The molecule has 1 fully saturated rings. The highest BCUT2D eigenvalue weighted by atomic mass is 35.5. The number of nitrogens with one attached hydrogen (secondary N) is 1. The van der Waals surface area contributed by atoms with E-state index in [4.69, 9.17) is 28.9 Å². The second kappa shape index (κ2) is 9.06. The van der Waals surface area contributed by atoms with Gasteiger partial charge in [0.05, 0.1) is 26.8 Å². The molecule has 1 heterocycles. The van der Waals surface area contributed by atoms with E-state index < -0.39 is 23.5 Å². The third kappa shape index (κ3) is 4.58. The van der Waals surface area contributed by atoms with Crippen molar-refractivity contribution in [3.8, 4) is 11.3 Å². The average molecular weight is 472 g/mol. The molecule has 0 spiro atoms. The van der Waals surface area contributed by atoms with Crippen LogP contribution in [0.25, 0.3) is 22.2 Å². The molecule has 0 aliphatic heterocycles. The zero-order valence-corrected chi connectivity index (χ0v) is 18.8. The molecule has 1 unspecified atom stereocenters. The van der Waals surface area contributed by atoms with E-state index in [1.807, 2.05) is 30.3 Å². The number of pyridine rings is 1. The van der Waals surface area contributed by atoms with E-state index in [-0.39, 0.29) is 6.42 Å². The highest BCUT2D eigenvalue weighted by molar-refractivity contribution is 6.39. The smallest absolute Gasteiger partial charge is 0.326 e. The van der Waals surface area contributed by atoms with Crippen LogP contribution in [0, 0.1) is 0 Å². The van der Waals surface area contributed by atoms with Crippen molar-refractivity contribution in [3.63, 3.8) is 0 Å². The Morgan fingerprint density at radius 3 is 2.44 bits per heavy atom. The summed E-state index contributed by atoms with van der Waals surface area (Å²) in [5.41, 5.74) is 8.01. The average Bonchev–Trinajstić information content (AvgIpc) is 3.21. The van der Waals surface area contributed by atoms with Gasteiger partial charge in [0, 0.05) is 17.4 Å². The van der Waals surface area contributed by atoms with Gasteiger partial charge in [-0.2, -0.15) is 0 Å². The lowest BCUT2D eigenvalue weighted by molar-refractivity contribution is -0.142. The van der Waals surface area contributed by atoms with Crippen LogP contribution in [-0.4, -0.2) is 33.5 Å². The number of halogens is 2. The highest BCUT2D eigenvalue weighted by Crippen LogP contribution is 2.34. The van der Waals surface area contributed by atoms with Crippen LogP contribution in [0.2, 0.25) is 10.0 Å². The fourth-order valence-electron chi connectivity index (χ4n) is 4.15. The van der Waals surface area contributed by atoms with Crippen LogP contribution >= 0.6 is 23.2 Å². The molecule has 32 heavy (non-hydrogen) atoms. The van der Waals surface area contributed by atoms with E-state index >= 15 is 0 Å². The minimum atomic E-state index is -1.10. The Morgan fingerprint density at radius 1 is 1.09 bits per heavy atom. The summed E-state index contributed by atoms with van der Waals surface area (Å²) in [7, 11) is 0. The molecule has 2 aromatic carbocycles. The first-order valence-electron chi connectivity index (χ1n) is 10.4. The van der Waals surface area contributed by atoms with Crippen LogP contribution in [0.3, 0.4) is 0 Å². The molecular formula is C24H23Cl2N3O3. The first-order valence-corrected chi connectivity index (χ1v) is 11.2. The third-order valence-corrected chi connectivity index (χ3v) is 6.59. The van der Waals surface area contributed by atoms with Gasteiger partial charge in [0.15, 0.2) is 0 Å². The molecule has 1 aliphatic carbocycles. The largest absolute Gasteiger partial charge is 0.480 e. The van der Waals surface area contributed by atoms with Gasteiger partial charge in [-0.15, -0.1) is 0 Å². The van der Waals surface area contributed by atoms with Crippen molar-refractivity contribution in [2.75, 3.05) is 0 Å². The van der Waals surface area contributed by atoms with E-state index in [1.165, 1.54) is 0 Å². The summed E-state index contributed by atoms with van der Waals surface area (Å²) in [6, 6.07) is 13.5. The molecule has 1 aliphatic rings. The first-order chi connectivity index (χ1) is 15.3. The number of rotatable bonds is 6. The lowest BCUT2D eigenvalue weighted by atomic mass is 9.96. The molecule has 0 radical (unpaired) electrons. The topological polar surface area (TPSA) is 105 Å². The van der Waals surface area contributed by atoms with E-state index in [1.54, 1.807) is 18.2 Å². The number of carboxylic acids is 1. The molecule has 3 aromatic rings. The van der Waals surface area contributed by atoms with E-state index in [2.05, 4.69) is 10.3 Å². The molecule has 4 N–H and O–H groups in total. The molecule has 1 amide bonds. The van der Waals surface area contributed by atoms with Crippen molar-refractivity contribution >= 4 is 46.0 Å². The van der Waals surface area contributed by atoms with Gasteiger partial charge in [0.25, 0.3) is 0 Å². The monoisotopic (exact) mass is 471 g/mol. The van der Waals surface area contributed by atoms with Crippen molar-refractivity contribution < 1.29 is 14.7 Å². The Kier molecular flexibility index (Phi) is 6.38. The summed E-state index contributed by atoms with van der Waals surface area (Å²) in [5.74, 6) is -1.49. The standard InChI is InChI=1S/C24H23Cl2N3O3/c25-16-4-3-5-17(26)21(16)19-9-7-15-12-14(6-8-18(15)28-19)13-20(22(30)31)29-23(32)24(27)10-1-2-11-24/h3-9,12,20H,1-2,10-11,13,27H2,(H,29,32)(H,30,31). The minimum Gasteiger partial charge on any atom is -0.480 e. The molecule has 6 nitrogen and oxygen atoms in total. The Bertz CT molecular complexity index is 1170. The Balaban J connectivity index is 1.56. The number of aromatic nitrogens is 1. The first kappa shape index (κ1) is 22.5. The van der Waals surface area contributed by atoms with Gasteiger partial charge >= 0.3 is 5.97 Å². The molecular weight excluding hydrogens is 449 g/mol. The van der Waals surface area contributed by atoms with Gasteiger partial charge in [-0.1, -0.05) is 54.2 Å². The van der Waals surface area contributed by atoms with Crippen molar-refractivity contribution in [2.24, 2.45) is 5.73 Å². The number of nitrogens with two attached hydrogens (primary N) is 1. The number of carbonyl (C=O) groups is 2. The van der Waals surface area contributed by atoms with Crippen LogP contribution in [0.1, 0.15) is 31.2 Å². The van der Waals surface area contributed by atoms with Crippen LogP contribution in [-0.2, 0) is 16.0 Å². The number of benzene rings is 2. The summed E-state index contributed by atoms with van der Waals surface area (Å²) in [4.78, 5) is 29.0. The lowest BCUT2D eigenvalue weighted by Crippen LogP contribution is -2.56. The number of amides is 1. The summed E-state index contributed by atoms with van der Waals surface area (Å²) in [6.45, 7) is 0. The predicted molar refractivity (Wildman–Crippen MR) is 126 cm³/mol. The molecule has 0 bridgehead atoms. The van der Waals surface area contributed by atoms with Crippen LogP contribution in [0.15, 0.2) is 48.5 Å². The number of nitrogens with zero attached hydrogens (tertiary/aromatic N) is 1. The van der Waals surface area contributed by atoms with E-state index in [0.717, 1.165) is 29.3 Å². The Labute approximate surface area is 195 Å². The Hall–Kier alpha value is -2.67. The van der Waals surface area contributed by atoms with Gasteiger partial charge in [-0.25, -0.2) is 9.78 Å². The van der Waals surface area contributed by atoms with Gasteiger partial charge in [0.2, 0.25) is 5.91 Å². The molecule has 166 valence electrons. The summed E-state index contributed by atoms with van der Waals surface area (Å²) < 4.78 is 0. The third-order valence-electron chi connectivity index (χ3n) is 5.96. The molecule has 1 saturated carbocycles. The van der Waals surface area contributed by atoms with Gasteiger partial charge in [-0.3, -0.25) is 4.79 Å². The minimum absolute atomic E-state index is 0.144. The maximum Gasteiger partial charge on any atom is 0.326 e. The molecule has 0 saturated heterocycles. The van der Waals surface area contributed by atoms with Gasteiger partial charge in [-0.05, 0) is 48.7 Å². The second-order valence-corrected chi connectivity index (χ2v) is 9.07.